The number of benzene rings is 1. The van der Waals surface area contributed by atoms with E-state index in [0.29, 0.717) is 13.0 Å². The van der Waals surface area contributed by atoms with E-state index in [1.54, 1.807) is 6.92 Å². The molecule has 1 aromatic carbocycles. The predicted molar refractivity (Wildman–Crippen MR) is 70.8 cm³/mol. The summed E-state index contributed by atoms with van der Waals surface area (Å²) in [7, 11) is -3.54. The molecule has 1 aromatic rings. The Balaban J connectivity index is 1.95. The van der Waals surface area contributed by atoms with E-state index in [1.165, 1.54) is 0 Å². The summed E-state index contributed by atoms with van der Waals surface area (Å²) >= 11 is 0. The van der Waals surface area contributed by atoms with Crippen molar-refractivity contribution in [1.82, 2.24) is 4.72 Å². The van der Waals surface area contributed by atoms with Crippen molar-refractivity contribution in [3.05, 3.63) is 35.1 Å². The summed E-state index contributed by atoms with van der Waals surface area (Å²) in [6.45, 7) is 2.05. The van der Waals surface area contributed by atoms with E-state index in [1.807, 2.05) is 0 Å². The van der Waals surface area contributed by atoms with Crippen molar-refractivity contribution < 1.29 is 26.3 Å². The van der Waals surface area contributed by atoms with E-state index < -0.39 is 32.7 Å². The zero-order chi connectivity index (χ0) is 15.6. The van der Waals surface area contributed by atoms with E-state index in [9.17, 15) is 21.6 Å². The van der Waals surface area contributed by atoms with Crippen LogP contribution in [0, 0.1) is 17.5 Å². The van der Waals surface area contributed by atoms with Crippen LogP contribution >= 0.6 is 0 Å². The van der Waals surface area contributed by atoms with Crippen LogP contribution in [0.5, 0.6) is 0 Å². The van der Waals surface area contributed by atoms with Crippen molar-refractivity contribution in [2.24, 2.45) is 0 Å². The molecular weight excluding hydrogens is 307 g/mol. The molecule has 1 N–H and O–H groups in total. The molecule has 1 fully saturated rings. The average Bonchev–Trinajstić information content (AvgIpc) is 2.83. The third-order valence-electron chi connectivity index (χ3n) is 3.47. The number of hydrogen-bond donors (Lipinski definition) is 1. The number of rotatable bonds is 5. The van der Waals surface area contributed by atoms with Crippen molar-refractivity contribution >= 4 is 10.0 Å². The third-order valence-corrected chi connectivity index (χ3v) is 5.49. The monoisotopic (exact) mass is 323 g/mol. The molecule has 2 rings (SSSR count). The van der Waals surface area contributed by atoms with Crippen molar-refractivity contribution in [3.63, 3.8) is 0 Å². The Morgan fingerprint density at radius 3 is 2.43 bits per heavy atom. The minimum absolute atomic E-state index is 0.0178. The largest absolute Gasteiger partial charge is 0.377 e. The minimum Gasteiger partial charge on any atom is -0.377 e. The summed E-state index contributed by atoms with van der Waals surface area (Å²) in [6, 6.07) is 1.71. The van der Waals surface area contributed by atoms with Gasteiger partial charge < -0.3 is 4.74 Å². The van der Waals surface area contributed by atoms with E-state index >= 15 is 0 Å². The number of sulfonamides is 1. The second kappa shape index (κ2) is 6.33. The van der Waals surface area contributed by atoms with Crippen LogP contribution in [-0.2, 0) is 21.2 Å². The molecule has 0 aromatic heterocycles. The standard InChI is InChI=1S/C13H16F3NO3S/c1-8-12(3-5-20-8)21(18,19)17-4-2-9-6-10(14)13(16)11(15)7-9/h6-8,12,17H,2-5H2,1H3. The summed E-state index contributed by atoms with van der Waals surface area (Å²) in [5.74, 6) is -4.10. The topological polar surface area (TPSA) is 55.4 Å². The van der Waals surface area contributed by atoms with E-state index in [4.69, 9.17) is 4.74 Å². The SMILES string of the molecule is CC1OCCC1S(=O)(=O)NCCc1cc(F)c(F)c(F)c1. The molecule has 1 saturated heterocycles. The number of hydrogen-bond acceptors (Lipinski definition) is 3. The molecule has 2 unspecified atom stereocenters. The van der Waals surface area contributed by atoms with Crippen LogP contribution in [0.3, 0.4) is 0 Å². The molecule has 2 atom stereocenters. The Bertz CT molecular complexity index is 598. The van der Waals surface area contributed by atoms with Crippen molar-refractivity contribution in [2.75, 3.05) is 13.2 Å². The Hall–Kier alpha value is -1.12. The highest BCUT2D eigenvalue weighted by atomic mass is 32.2. The number of halogens is 3. The maximum absolute atomic E-state index is 13.0. The van der Waals surface area contributed by atoms with Gasteiger partial charge in [-0.2, -0.15) is 0 Å². The number of nitrogens with one attached hydrogen (secondary N) is 1. The van der Waals surface area contributed by atoms with Gasteiger partial charge in [0, 0.05) is 13.2 Å². The second-order valence-electron chi connectivity index (χ2n) is 4.97. The van der Waals surface area contributed by atoms with Gasteiger partial charge in [-0.15, -0.1) is 0 Å². The molecule has 118 valence electrons. The lowest BCUT2D eigenvalue weighted by Crippen LogP contribution is -2.39. The van der Waals surface area contributed by atoms with Gasteiger partial charge in [0.05, 0.1) is 6.10 Å². The highest BCUT2D eigenvalue weighted by molar-refractivity contribution is 7.90. The van der Waals surface area contributed by atoms with Gasteiger partial charge in [0.15, 0.2) is 17.5 Å². The third kappa shape index (κ3) is 3.75. The van der Waals surface area contributed by atoms with Crippen LogP contribution in [0.15, 0.2) is 12.1 Å². The Kier molecular flexibility index (Phi) is 4.90. The molecule has 0 radical (unpaired) electrons. The fraction of sp³-hybridized carbons (Fsp3) is 0.538. The van der Waals surface area contributed by atoms with Gasteiger partial charge in [0.2, 0.25) is 10.0 Å². The first-order valence-electron chi connectivity index (χ1n) is 6.55. The first-order valence-corrected chi connectivity index (χ1v) is 8.09. The molecule has 8 heteroatoms. The van der Waals surface area contributed by atoms with Crippen molar-refractivity contribution in [1.29, 1.82) is 0 Å². The van der Waals surface area contributed by atoms with Gasteiger partial charge in [-0.05, 0) is 37.5 Å². The van der Waals surface area contributed by atoms with Crippen LogP contribution < -0.4 is 4.72 Å². The zero-order valence-corrected chi connectivity index (χ0v) is 12.2. The first kappa shape index (κ1) is 16.3. The van der Waals surface area contributed by atoms with Crippen molar-refractivity contribution in [2.45, 2.75) is 31.1 Å². The van der Waals surface area contributed by atoms with Crippen LogP contribution in [0.2, 0.25) is 0 Å². The van der Waals surface area contributed by atoms with Gasteiger partial charge in [-0.3, -0.25) is 0 Å². The summed E-state index contributed by atoms with van der Waals surface area (Å²) in [4.78, 5) is 0. The Morgan fingerprint density at radius 2 is 1.90 bits per heavy atom. The molecule has 0 amide bonds. The summed E-state index contributed by atoms with van der Waals surface area (Å²) in [5, 5.41) is -0.626. The average molecular weight is 323 g/mol. The highest BCUT2D eigenvalue weighted by Gasteiger charge is 2.35. The van der Waals surface area contributed by atoms with E-state index in [2.05, 4.69) is 4.72 Å². The molecule has 1 aliphatic rings. The van der Waals surface area contributed by atoms with Gasteiger partial charge in [0.1, 0.15) is 5.25 Å². The fourth-order valence-electron chi connectivity index (χ4n) is 2.32. The summed E-state index contributed by atoms with van der Waals surface area (Å²) in [6.07, 6.45) is 0.0919. The first-order chi connectivity index (χ1) is 9.81. The lowest BCUT2D eigenvalue weighted by molar-refractivity contribution is 0.126. The molecule has 0 aliphatic carbocycles. The summed E-state index contributed by atoms with van der Waals surface area (Å²) < 4.78 is 70.5. The smallest absolute Gasteiger partial charge is 0.217 e. The van der Waals surface area contributed by atoms with Crippen LogP contribution in [0.1, 0.15) is 18.9 Å². The molecule has 1 aliphatic heterocycles. The van der Waals surface area contributed by atoms with Gasteiger partial charge in [0.25, 0.3) is 0 Å². The quantitative estimate of drug-likeness (QED) is 0.840. The molecular formula is C13H16F3NO3S. The van der Waals surface area contributed by atoms with Crippen LogP contribution in [-0.4, -0.2) is 32.9 Å². The highest BCUT2D eigenvalue weighted by Crippen LogP contribution is 2.20. The van der Waals surface area contributed by atoms with Gasteiger partial charge >= 0.3 is 0 Å². The lowest BCUT2D eigenvalue weighted by atomic mass is 10.1. The van der Waals surface area contributed by atoms with Gasteiger partial charge in [-0.25, -0.2) is 26.3 Å². The molecule has 1 heterocycles. The van der Waals surface area contributed by atoms with Crippen LogP contribution in [0.4, 0.5) is 13.2 Å². The molecule has 21 heavy (non-hydrogen) atoms. The minimum atomic E-state index is -3.54. The molecule has 4 nitrogen and oxygen atoms in total. The fourth-order valence-corrected chi connectivity index (χ4v) is 3.91. The van der Waals surface area contributed by atoms with Crippen LogP contribution in [0.25, 0.3) is 0 Å². The Labute approximate surface area is 121 Å². The van der Waals surface area contributed by atoms with E-state index in [0.717, 1.165) is 12.1 Å². The second-order valence-corrected chi connectivity index (χ2v) is 6.95. The normalized spacial score (nSPS) is 22.7. The van der Waals surface area contributed by atoms with Gasteiger partial charge in [-0.1, -0.05) is 0 Å². The molecule has 0 saturated carbocycles. The predicted octanol–water partition coefficient (Wildman–Crippen LogP) is 1.74. The Morgan fingerprint density at radius 1 is 1.29 bits per heavy atom. The lowest BCUT2D eigenvalue weighted by Gasteiger charge is -2.15. The maximum Gasteiger partial charge on any atom is 0.217 e. The summed E-state index contributed by atoms with van der Waals surface area (Å²) in [5.41, 5.74) is 0.185. The molecule has 0 bridgehead atoms. The molecule has 0 spiro atoms. The zero-order valence-electron chi connectivity index (χ0n) is 11.4. The van der Waals surface area contributed by atoms with E-state index in [-0.39, 0.29) is 24.6 Å². The maximum atomic E-state index is 13.0. The van der Waals surface area contributed by atoms with Crippen molar-refractivity contribution in [3.8, 4) is 0 Å². The number of ether oxygens (including phenoxy) is 1.